The highest BCUT2D eigenvalue weighted by Crippen LogP contribution is 2.38. The molecule has 0 radical (unpaired) electrons. The summed E-state index contributed by atoms with van der Waals surface area (Å²) in [6.45, 7) is 8.62. The van der Waals surface area contributed by atoms with Gasteiger partial charge in [0, 0.05) is 18.2 Å². The van der Waals surface area contributed by atoms with Gasteiger partial charge in [-0.1, -0.05) is 13.0 Å². The van der Waals surface area contributed by atoms with Gasteiger partial charge in [0.15, 0.2) is 11.5 Å². The lowest BCUT2D eigenvalue weighted by Crippen LogP contribution is -2.15. The molecule has 0 fully saturated rings. The van der Waals surface area contributed by atoms with E-state index in [4.69, 9.17) is 14.2 Å². The number of rotatable bonds is 9. The van der Waals surface area contributed by atoms with Crippen molar-refractivity contribution < 1.29 is 14.2 Å². The number of benzene rings is 1. The van der Waals surface area contributed by atoms with E-state index in [9.17, 15) is 0 Å². The van der Waals surface area contributed by atoms with Crippen LogP contribution in [0, 0.1) is 0 Å². The molecule has 0 spiro atoms. The zero-order chi connectivity index (χ0) is 14.2. The summed E-state index contributed by atoms with van der Waals surface area (Å²) in [6, 6.07) is 3.94. The van der Waals surface area contributed by atoms with Gasteiger partial charge in [0.2, 0.25) is 6.79 Å². The fourth-order valence-electron chi connectivity index (χ4n) is 2.05. The van der Waals surface area contributed by atoms with Crippen LogP contribution in [0.1, 0.15) is 31.7 Å². The zero-order valence-electron chi connectivity index (χ0n) is 12.1. The van der Waals surface area contributed by atoms with Gasteiger partial charge in [-0.25, -0.2) is 0 Å². The summed E-state index contributed by atoms with van der Waals surface area (Å²) in [6.07, 6.45) is 4.96. The van der Waals surface area contributed by atoms with Crippen LogP contribution in [0.3, 0.4) is 0 Å². The molecule has 1 aromatic rings. The van der Waals surface area contributed by atoms with E-state index < -0.39 is 0 Å². The van der Waals surface area contributed by atoms with Crippen molar-refractivity contribution in [3.8, 4) is 17.2 Å². The average molecular weight is 277 g/mol. The van der Waals surface area contributed by atoms with Gasteiger partial charge in [-0.3, -0.25) is 0 Å². The molecule has 4 nitrogen and oxygen atoms in total. The standard InChI is InChI=1S/C16H23NO3/c1-3-5-6-8-18-14-10-16-15(19-12-20-16)9-13(14)11-17-7-4-2/h3,9-10,17H,1,4-8,11-12H2,2H3. The monoisotopic (exact) mass is 277 g/mol. The van der Waals surface area contributed by atoms with E-state index in [2.05, 4.69) is 18.8 Å². The lowest BCUT2D eigenvalue weighted by atomic mass is 10.1. The first-order valence-corrected chi connectivity index (χ1v) is 7.22. The van der Waals surface area contributed by atoms with Crippen LogP contribution in [0.2, 0.25) is 0 Å². The Hall–Kier alpha value is -1.68. The predicted octanol–water partition coefficient (Wildman–Crippen LogP) is 3.26. The van der Waals surface area contributed by atoms with E-state index in [1.165, 1.54) is 0 Å². The SMILES string of the molecule is C=CCCCOc1cc2c(cc1CNCCC)OCO2. The van der Waals surface area contributed by atoms with Crippen LogP contribution in [-0.4, -0.2) is 19.9 Å². The molecule has 0 aliphatic carbocycles. The van der Waals surface area contributed by atoms with Crippen LogP contribution in [0.15, 0.2) is 24.8 Å². The quantitative estimate of drug-likeness (QED) is 0.555. The van der Waals surface area contributed by atoms with Crippen molar-refractivity contribution in [2.75, 3.05) is 19.9 Å². The maximum Gasteiger partial charge on any atom is 0.231 e. The largest absolute Gasteiger partial charge is 0.493 e. The third kappa shape index (κ3) is 3.90. The Morgan fingerprint density at radius 2 is 2.15 bits per heavy atom. The lowest BCUT2D eigenvalue weighted by molar-refractivity contribution is 0.173. The van der Waals surface area contributed by atoms with E-state index in [0.717, 1.165) is 55.2 Å². The Morgan fingerprint density at radius 1 is 1.35 bits per heavy atom. The first-order chi connectivity index (χ1) is 9.85. The van der Waals surface area contributed by atoms with Crippen molar-refractivity contribution in [3.05, 3.63) is 30.4 Å². The molecular weight excluding hydrogens is 254 g/mol. The number of unbranched alkanes of at least 4 members (excludes halogenated alkanes) is 1. The molecule has 1 N–H and O–H groups in total. The second-order valence-electron chi connectivity index (χ2n) is 4.77. The molecule has 0 saturated heterocycles. The van der Waals surface area contributed by atoms with E-state index in [0.29, 0.717) is 6.61 Å². The summed E-state index contributed by atoms with van der Waals surface area (Å²) < 4.78 is 16.7. The van der Waals surface area contributed by atoms with E-state index in [-0.39, 0.29) is 6.79 Å². The molecule has 0 bridgehead atoms. The maximum atomic E-state index is 5.87. The summed E-state index contributed by atoms with van der Waals surface area (Å²) in [5.41, 5.74) is 1.11. The fourth-order valence-corrected chi connectivity index (χ4v) is 2.05. The van der Waals surface area contributed by atoms with E-state index in [1.54, 1.807) is 0 Å². The summed E-state index contributed by atoms with van der Waals surface area (Å²) in [7, 11) is 0. The molecule has 110 valence electrons. The minimum absolute atomic E-state index is 0.289. The molecule has 1 aliphatic rings. The van der Waals surface area contributed by atoms with Crippen molar-refractivity contribution in [1.82, 2.24) is 5.32 Å². The molecule has 0 amide bonds. The van der Waals surface area contributed by atoms with Gasteiger partial charge in [0.05, 0.1) is 6.61 Å². The van der Waals surface area contributed by atoms with Gasteiger partial charge in [-0.15, -0.1) is 6.58 Å². The summed E-state index contributed by atoms with van der Waals surface area (Å²) in [5.74, 6) is 2.45. The Labute approximate surface area is 120 Å². The number of nitrogens with one attached hydrogen (secondary N) is 1. The first-order valence-electron chi connectivity index (χ1n) is 7.22. The summed E-state index contributed by atoms with van der Waals surface area (Å²) in [5, 5.41) is 3.39. The van der Waals surface area contributed by atoms with Gasteiger partial charge in [0.1, 0.15) is 5.75 Å². The molecule has 20 heavy (non-hydrogen) atoms. The highest BCUT2D eigenvalue weighted by atomic mass is 16.7. The van der Waals surface area contributed by atoms with Crippen molar-refractivity contribution >= 4 is 0 Å². The Morgan fingerprint density at radius 3 is 2.90 bits per heavy atom. The molecular formula is C16H23NO3. The Kier molecular flexibility index (Phi) is 5.74. The number of allylic oxidation sites excluding steroid dienone is 1. The van der Waals surface area contributed by atoms with Crippen LogP contribution in [-0.2, 0) is 6.54 Å². The summed E-state index contributed by atoms with van der Waals surface area (Å²) in [4.78, 5) is 0. The molecule has 2 rings (SSSR count). The van der Waals surface area contributed by atoms with Gasteiger partial charge < -0.3 is 19.5 Å². The van der Waals surface area contributed by atoms with E-state index >= 15 is 0 Å². The predicted molar refractivity (Wildman–Crippen MR) is 79.5 cm³/mol. The van der Waals surface area contributed by atoms with Gasteiger partial charge in [-0.05, 0) is 31.9 Å². The minimum atomic E-state index is 0.289. The normalized spacial score (nSPS) is 12.4. The highest BCUT2D eigenvalue weighted by molar-refractivity contribution is 5.51. The van der Waals surface area contributed by atoms with Crippen molar-refractivity contribution in [3.63, 3.8) is 0 Å². The summed E-state index contributed by atoms with van der Waals surface area (Å²) >= 11 is 0. The number of ether oxygens (including phenoxy) is 3. The third-order valence-corrected chi connectivity index (χ3v) is 3.11. The van der Waals surface area contributed by atoms with Crippen LogP contribution in [0.4, 0.5) is 0 Å². The van der Waals surface area contributed by atoms with Gasteiger partial charge >= 0.3 is 0 Å². The number of fused-ring (bicyclic) bond motifs is 1. The van der Waals surface area contributed by atoms with Gasteiger partial charge in [0.25, 0.3) is 0 Å². The Bertz CT molecular complexity index is 446. The molecule has 1 aliphatic heterocycles. The Balaban J connectivity index is 2.03. The van der Waals surface area contributed by atoms with Crippen molar-refractivity contribution in [2.24, 2.45) is 0 Å². The average Bonchev–Trinajstić information content (AvgIpc) is 2.91. The molecule has 1 aromatic carbocycles. The zero-order valence-corrected chi connectivity index (χ0v) is 12.1. The first kappa shape index (κ1) is 14.7. The molecule has 0 unspecified atom stereocenters. The molecule has 4 heteroatoms. The molecule has 0 saturated carbocycles. The minimum Gasteiger partial charge on any atom is -0.493 e. The van der Waals surface area contributed by atoms with Crippen molar-refractivity contribution in [2.45, 2.75) is 32.7 Å². The molecule has 0 atom stereocenters. The molecule has 0 aromatic heterocycles. The molecule has 1 heterocycles. The highest BCUT2D eigenvalue weighted by Gasteiger charge is 2.17. The topological polar surface area (TPSA) is 39.7 Å². The van der Waals surface area contributed by atoms with Crippen LogP contribution in [0.25, 0.3) is 0 Å². The van der Waals surface area contributed by atoms with Crippen LogP contribution < -0.4 is 19.5 Å². The van der Waals surface area contributed by atoms with Gasteiger partial charge in [-0.2, -0.15) is 0 Å². The third-order valence-electron chi connectivity index (χ3n) is 3.11. The number of hydrogen-bond donors (Lipinski definition) is 1. The maximum absolute atomic E-state index is 5.87. The fraction of sp³-hybridized carbons (Fsp3) is 0.500. The number of hydrogen-bond acceptors (Lipinski definition) is 4. The lowest BCUT2D eigenvalue weighted by Gasteiger charge is -2.13. The van der Waals surface area contributed by atoms with Crippen molar-refractivity contribution in [1.29, 1.82) is 0 Å². The second-order valence-corrected chi connectivity index (χ2v) is 4.77. The van der Waals surface area contributed by atoms with Crippen LogP contribution in [0.5, 0.6) is 17.2 Å². The second kappa shape index (κ2) is 7.80. The van der Waals surface area contributed by atoms with E-state index in [1.807, 2.05) is 18.2 Å². The van der Waals surface area contributed by atoms with Crippen LogP contribution >= 0.6 is 0 Å². The smallest absolute Gasteiger partial charge is 0.231 e.